The van der Waals surface area contributed by atoms with Crippen molar-refractivity contribution in [2.24, 2.45) is 5.92 Å². The van der Waals surface area contributed by atoms with Gasteiger partial charge in [-0.1, -0.05) is 26.7 Å². The van der Waals surface area contributed by atoms with Crippen LogP contribution in [0, 0.1) is 5.92 Å². The zero-order chi connectivity index (χ0) is 13.7. The molecule has 1 unspecified atom stereocenters. The smallest absolute Gasteiger partial charge is 0.326 e. The molecular weight excluding hydrogens is 232 g/mol. The highest BCUT2D eigenvalue weighted by molar-refractivity contribution is 5.83. The maximum atomic E-state index is 12.1. The van der Waals surface area contributed by atoms with Crippen molar-refractivity contribution in [2.75, 3.05) is 6.54 Å². The fourth-order valence-electron chi connectivity index (χ4n) is 2.66. The highest BCUT2D eigenvalue weighted by Gasteiger charge is 2.34. The molecule has 2 atom stereocenters. The van der Waals surface area contributed by atoms with E-state index in [9.17, 15) is 9.59 Å². The molecule has 0 saturated carbocycles. The van der Waals surface area contributed by atoms with E-state index in [2.05, 4.69) is 19.2 Å². The van der Waals surface area contributed by atoms with Crippen LogP contribution >= 0.6 is 0 Å². The van der Waals surface area contributed by atoms with Gasteiger partial charge < -0.3 is 15.3 Å². The summed E-state index contributed by atoms with van der Waals surface area (Å²) in [6, 6.07) is -0.805. The number of carbonyl (C=O) groups is 2. The number of urea groups is 1. The Hall–Kier alpha value is -1.26. The first-order chi connectivity index (χ1) is 8.51. The molecule has 1 fully saturated rings. The van der Waals surface area contributed by atoms with Gasteiger partial charge in [-0.3, -0.25) is 0 Å². The highest BCUT2D eigenvalue weighted by atomic mass is 16.4. The molecule has 0 aromatic carbocycles. The van der Waals surface area contributed by atoms with E-state index in [0.29, 0.717) is 18.9 Å². The second kappa shape index (κ2) is 6.61. The van der Waals surface area contributed by atoms with Crippen LogP contribution in [0.3, 0.4) is 0 Å². The molecular formula is C13H24N2O3. The van der Waals surface area contributed by atoms with Gasteiger partial charge in [0.25, 0.3) is 0 Å². The van der Waals surface area contributed by atoms with Gasteiger partial charge >= 0.3 is 12.0 Å². The Balaban J connectivity index is 2.57. The molecule has 2 amide bonds. The third-order valence-electron chi connectivity index (χ3n) is 3.91. The molecule has 0 aliphatic carbocycles. The minimum atomic E-state index is -0.905. The van der Waals surface area contributed by atoms with Crippen molar-refractivity contribution in [3.63, 3.8) is 0 Å². The largest absolute Gasteiger partial charge is 0.480 e. The second-order valence-corrected chi connectivity index (χ2v) is 5.00. The van der Waals surface area contributed by atoms with Crippen LogP contribution in [0.15, 0.2) is 0 Å². The average Bonchev–Trinajstić information content (AvgIpc) is 2.79. The Kier molecular flexibility index (Phi) is 5.44. The fourth-order valence-corrected chi connectivity index (χ4v) is 2.66. The predicted octanol–water partition coefficient (Wildman–Crippen LogP) is 2.07. The lowest BCUT2D eigenvalue weighted by molar-refractivity contribution is -0.141. The standard InChI is InChI=1S/C13H24N2O3/c1-4-10(5-2)9(3)14-13(18)15-8-6-7-11(15)12(16)17/h9-11H,4-8H2,1-3H3,(H,14,18)(H,16,17)/t9?,11-/m0/s1. The van der Waals surface area contributed by atoms with Gasteiger partial charge in [0.1, 0.15) is 6.04 Å². The summed E-state index contributed by atoms with van der Waals surface area (Å²) in [5.41, 5.74) is 0. The number of amides is 2. The van der Waals surface area contributed by atoms with E-state index in [-0.39, 0.29) is 12.1 Å². The number of hydrogen-bond acceptors (Lipinski definition) is 2. The molecule has 18 heavy (non-hydrogen) atoms. The van der Waals surface area contributed by atoms with Crippen LogP contribution in [0.4, 0.5) is 4.79 Å². The Morgan fingerprint density at radius 1 is 1.39 bits per heavy atom. The minimum absolute atomic E-state index is 0.0857. The average molecular weight is 256 g/mol. The molecule has 0 aromatic heterocycles. The normalized spacial score (nSPS) is 21.1. The number of carbonyl (C=O) groups excluding carboxylic acids is 1. The van der Waals surface area contributed by atoms with Crippen molar-refractivity contribution in [3.05, 3.63) is 0 Å². The number of hydrogen-bond donors (Lipinski definition) is 2. The quantitative estimate of drug-likeness (QED) is 0.791. The van der Waals surface area contributed by atoms with E-state index in [4.69, 9.17) is 5.11 Å². The van der Waals surface area contributed by atoms with Crippen LogP contribution in [-0.4, -0.2) is 40.6 Å². The zero-order valence-corrected chi connectivity index (χ0v) is 11.5. The van der Waals surface area contributed by atoms with E-state index in [0.717, 1.165) is 19.3 Å². The number of rotatable bonds is 5. The van der Waals surface area contributed by atoms with Crippen LogP contribution < -0.4 is 5.32 Å². The van der Waals surface area contributed by atoms with Crippen molar-refractivity contribution in [1.29, 1.82) is 0 Å². The number of likely N-dealkylation sites (tertiary alicyclic amines) is 1. The third kappa shape index (κ3) is 3.37. The van der Waals surface area contributed by atoms with Gasteiger partial charge in [-0.25, -0.2) is 9.59 Å². The van der Waals surface area contributed by atoms with Crippen molar-refractivity contribution >= 4 is 12.0 Å². The Morgan fingerprint density at radius 3 is 2.50 bits per heavy atom. The molecule has 0 spiro atoms. The van der Waals surface area contributed by atoms with Gasteiger partial charge in [-0.05, 0) is 25.7 Å². The second-order valence-electron chi connectivity index (χ2n) is 5.00. The summed E-state index contributed by atoms with van der Waals surface area (Å²) >= 11 is 0. The molecule has 0 radical (unpaired) electrons. The highest BCUT2D eigenvalue weighted by Crippen LogP contribution is 2.19. The van der Waals surface area contributed by atoms with Gasteiger partial charge in [-0.2, -0.15) is 0 Å². The summed E-state index contributed by atoms with van der Waals surface area (Å²) in [7, 11) is 0. The zero-order valence-electron chi connectivity index (χ0n) is 11.5. The topological polar surface area (TPSA) is 69.6 Å². The summed E-state index contributed by atoms with van der Waals surface area (Å²) in [5.74, 6) is -0.460. The van der Waals surface area contributed by atoms with Gasteiger partial charge in [-0.15, -0.1) is 0 Å². The molecule has 5 nitrogen and oxygen atoms in total. The monoisotopic (exact) mass is 256 g/mol. The molecule has 0 bridgehead atoms. The van der Waals surface area contributed by atoms with E-state index in [1.807, 2.05) is 6.92 Å². The number of carboxylic acid groups (broad SMARTS) is 1. The molecule has 1 aliphatic rings. The lowest BCUT2D eigenvalue weighted by Gasteiger charge is -2.27. The molecule has 1 aliphatic heterocycles. The molecule has 1 heterocycles. The van der Waals surface area contributed by atoms with Crippen molar-refractivity contribution in [1.82, 2.24) is 10.2 Å². The first kappa shape index (κ1) is 14.8. The Morgan fingerprint density at radius 2 is 2.00 bits per heavy atom. The van der Waals surface area contributed by atoms with Gasteiger partial charge in [0.15, 0.2) is 0 Å². The van der Waals surface area contributed by atoms with Crippen LogP contribution in [-0.2, 0) is 4.79 Å². The lowest BCUT2D eigenvalue weighted by atomic mass is 9.96. The molecule has 1 saturated heterocycles. The first-order valence-corrected chi connectivity index (χ1v) is 6.81. The molecule has 1 rings (SSSR count). The molecule has 0 aromatic rings. The minimum Gasteiger partial charge on any atom is -0.480 e. The van der Waals surface area contributed by atoms with Crippen molar-refractivity contribution < 1.29 is 14.7 Å². The van der Waals surface area contributed by atoms with Gasteiger partial charge in [0.2, 0.25) is 0 Å². The predicted molar refractivity (Wildman–Crippen MR) is 69.4 cm³/mol. The Bertz CT molecular complexity index is 303. The Labute approximate surface area is 109 Å². The molecule has 104 valence electrons. The van der Waals surface area contributed by atoms with Crippen LogP contribution in [0.2, 0.25) is 0 Å². The number of carboxylic acids is 1. The van der Waals surface area contributed by atoms with Gasteiger partial charge in [0, 0.05) is 12.6 Å². The number of aliphatic carboxylic acids is 1. The summed E-state index contributed by atoms with van der Waals surface area (Å²) < 4.78 is 0. The fraction of sp³-hybridized carbons (Fsp3) is 0.846. The van der Waals surface area contributed by atoms with Crippen LogP contribution in [0.5, 0.6) is 0 Å². The van der Waals surface area contributed by atoms with E-state index in [1.165, 1.54) is 4.90 Å². The maximum absolute atomic E-state index is 12.1. The molecule has 5 heteroatoms. The van der Waals surface area contributed by atoms with Crippen molar-refractivity contribution in [2.45, 2.75) is 58.5 Å². The maximum Gasteiger partial charge on any atom is 0.326 e. The lowest BCUT2D eigenvalue weighted by Crippen LogP contribution is -2.49. The van der Waals surface area contributed by atoms with E-state index >= 15 is 0 Å². The summed E-state index contributed by atoms with van der Waals surface area (Å²) in [6.07, 6.45) is 3.35. The number of nitrogens with zero attached hydrogens (tertiary/aromatic N) is 1. The first-order valence-electron chi connectivity index (χ1n) is 6.81. The van der Waals surface area contributed by atoms with Crippen molar-refractivity contribution in [3.8, 4) is 0 Å². The van der Waals surface area contributed by atoms with E-state index < -0.39 is 12.0 Å². The summed E-state index contributed by atoms with van der Waals surface area (Å²) in [6.45, 7) is 6.74. The summed E-state index contributed by atoms with van der Waals surface area (Å²) in [5, 5.41) is 12.0. The summed E-state index contributed by atoms with van der Waals surface area (Å²) in [4.78, 5) is 24.5. The van der Waals surface area contributed by atoms with Crippen LogP contribution in [0.25, 0.3) is 0 Å². The number of nitrogens with one attached hydrogen (secondary N) is 1. The third-order valence-corrected chi connectivity index (χ3v) is 3.91. The van der Waals surface area contributed by atoms with Gasteiger partial charge in [0.05, 0.1) is 0 Å². The van der Waals surface area contributed by atoms with Crippen LogP contribution in [0.1, 0.15) is 46.5 Å². The SMILES string of the molecule is CCC(CC)C(C)NC(=O)N1CCC[C@H]1C(=O)O. The molecule has 2 N–H and O–H groups in total. The van der Waals surface area contributed by atoms with E-state index in [1.54, 1.807) is 0 Å².